The van der Waals surface area contributed by atoms with Crippen molar-refractivity contribution < 1.29 is 4.79 Å². The largest absolute Gasteiger partial charge is 0.340 e. The third-order valence-electron chi connectivity index (χ3n) is 2.26. The number of rotatable bonds is 4. The highest BCUT2D eigenvalue weighted by Crippen LogP contribution is 1.95. The van der Waals surface area contributed by atoms with Crippen molar-refractivity contribution >= 4 is 5.91 Å². The summed E-state index contributed by atoms with van der Waals surface area (Å²) in [7, 11) is 0. The maximum absolute atomic E-state index is 11.6. The predicted octanol–water partition coefficient (Wildman–Crippen LogP) is -0.416. The lowest BCUT2D eigenvalue weighted by molar-refractivity contribution is -0.130. The van der Waals surface area contributed by atoms with E-state index in [1.54, 1.807) is 6.08 Å². The maximum Gasteiger partial charge on any atom is 0.236 e. The lowest BCUT2D eigenvalue weighted by Gasteiger charge is -2.19. The summed E-state index contributed by atoms with van der Waals surface area (Å²) in [6, 6.07) is 0. The molecule has 0 aromatic heterocycles. The molecule has 4 nitrogen and oxygen atoms in total. The minimum absolute atomic E-state index is 0.190. The van der Waals surface area contributed by atoms with E-state index >= 15 is 0 Å². The number of amides is 1. The molecule has 1 amide bonds. The van der Waals surface area contributed by atoms with Crippen LogP contribution in [0.3, 0.4) is 0 Å². The van der Waals surface area contributed by atoms with Crippen LogP contribution < -0.4 is 10.6 Å². The molecule has 0 bridgehead atoms. The molecule has 1 saturated heterocycles. The molecule has 1 aliphatic heterocycles. The van der Waals surface area contributed by atoms with E-state index in [1.165, 1.54) is 0 Å². The van der Waals surface area contributed by atoms with Crippen molar-refractivity contribution in [2.24, 2.45) is 0 Å². The van der Waals surface area contributed by atoms with Gasteiger partial charge in [0, 0.05) is 26.2 Å². The highest BCUT2D eigenvalue weighted by Gasteiger charge is 2.13. The van der Waals surface area contributed by atoms with Gasteiger partial charge in [-0.15, -0.1) is 6.58 Å². The minimum atomic E-state index is 0.190. The smallest absolute Gasteiger partial charge is 0.236 e. The van der Waals surface area contributed by atoms with Crippen molar-refractivity contribution in [1.82, 2.24) is 15.5 Å². The van der Waals surface area contributed by atoms with E-state index in [0.29, 0.717) is 13.1 Å². The molecule has 0 aromatic rings. The summed E-state index contributed by atoms with van der Waals surface area (Å²) in [5, 5.41) is 6.29. The zero-order valence-corrected chi connectivity index (χ0v) is 8.59. The first-order valence-electron chi connectivity index (χ1n) is 5.14. The molecule has 0 saturated carbocycles. The van der Waals surface area contributed by atoms with E-state index in [0.717, 1.165) is 32.6 Å². The first-order chi connectivity index (χ1) is 6.84. The molecule has 1 fully saturated rings. The van der Waals surface area contributed by atoms with Crippen molar-refractivity contribution in [2.45, 2.75) is 6.42 Å². The molecular weight excluding hydrogens is 178 g/mol. The van der Waals surface area contributed by atoms with Gasteiger partial charge in [-0.2, -0.15) is 0 Å². The Labute approximate surface area is 85.3 Å². The summed E-state index contributed by atoms with van der Waals surface area (Å²) >= 11 is 0. The van der Waals surface area contributed by atoms with Crippen LogP contribution in [0.15, 0.2) is 12.7 Å². The minimum Gasteiger partial charge on any atom is -0.340 e. The summed E-state index contributed by atoms with van der Waals surface area (Å²) in [6.07, 6.45) is 2.81. The summed E-state index contributed by atoms with van der Waals surface area (Å²) in [5.41, 5.74) is 0. The SMILES string of the molecule is C=CCNCC(=O)N1CCCNCC1. The highest BCUT2D eigenvalue weighted by molar-refractivity contribution is 5.78. The molecular formula is C10H19N3O. The van der Waals surface area contributed by atoms with Gasteiger partial charge in [-0.3, -0.25) is 4.79 Å². The quantitative estimate of drug-likeness (QED) is 0.475. The lowest BCUT2D eigenvalue weighted by atomic mass is 10.4. The van der Waals surface area contributed by atoms with E-state index in [1.807, 2.05) is 4.90 Å². The van der Waals surface area contributed by atoms with Gasteiger partial charge in [0.1, 0.15) is 0 Å². The number of carbonyl (C=O) groups excluding carboxylic acids is 1. The number of carbonyl (C=O) groups is 1. The van der Waals surface area contributed by atoms with E-state index in [9.17, 15) is 4.79 Å². The Bertz CT molecular complexity index is 186. The van der Waals surface area contributed by atoms with E-state index < -0.39 is 0 Å². The van der Waals surface area contributed by atoms with E-state index in [-0.39, 0.29) is 5.91 Å². The summed E-state index contributed by atoms with van der Waals surface area (Å²) in [5.74, 6) is 0.190. The second-order valence-electron chi connectivity index (χ2n) is 3.40. The first kappa shape index (κ1) is 11.2. The molecule has 0 aliphatic carbocycles. The van der Waals surface area contributed by atoms with Crippen molar-refractivity contribution in [3.63, 3.8) is 0 Å². The second-order valence-corrected chi connectivity index (χ2v) is 3.40. The maximum atomic E-state index is 11.6. The summed E-state index contributed by atoms with van der Waals surface area (Å²) < 4.78 is 0. The monoisotopic (exact) mass is 197 g/mol. The molecule has 0 atom stereocenters. The third kappa shape index (κ3) is 3.89. The fourth-order valence-corrected chi connectivity index (χ4v) is 1.49. The molecule has 4 heteroatoms. The number of nitrogens with zero attached hydrogens (tertiary/aromatic N) is 1. The Balaban J connectivity index is 2.23. The van der Waals surface area contributed by atoms with Crippen LogP contribution in [-0.2, 0) is 4.79 Å². The van der Waals surface area contributed by atoms with Crippen LogP contribution >= 0.6 is 0 Å². The van der Waals surface area contributed by atoms with Crippen molar-refractivity contribution in [3.8, 4) is 0 Å². The molecule has 14 heavy (non-hydrogen) atoms. The molecule has 0 radical (unpaired) electrons. The van der Waals surface area contributed by atoms with Gasteiger partial charge in [0.2, 0.25) is 5.91 Å². The molecule has 0 unspecified atom stereocenters. The van der Waals surface area contributed by atoms with Crippen LogP contribution in [0.1, 0.15) is 6.42 Å². The van der Waals surface area contributed by atoms with Gasteiger partial charge < -0.3 is 15.5 Å². The molecule has 1 heterocycles. The van der Waals surface area contributed by atoms with Crippen LogP contribution in [-0.4, -0.2) is 50.1 Å². The van der Waals surface area contributed by atoms with Gasteiger partial charge in [0.05, 0.1) is 6.54 Å². The molecule has 80 valence electrons. The Hall–Kier alpha value is -0.870. The van der Waals surface area contributed by atoms with Gasteiger partial charge >= 0.3 is 0 Å². The average Bonchev–Trinajstić information content (AvgIpc) is 2.46. The number of nitrogens with one attached hydrogen (secondary N) is 2. The fourth-order valence-electron chi connectivity index (χ4n) is 1.49. The molecule has 2 N–H and O–H groups in total. The van der Waals surface area contributed by atoms with Gasteiger partial charge in [-0.25, -0.2) is 0 Å². The van der Waals surface area contributed by atoms with E-state index in [4.69, 9.17) is 0 Å². The number of hydrogen-bond donors (Lipinski definition) is 2. The third-order valence-corrected chi connectivity index (χ3v) is 2.26. The lowest BCUT2D eigenvalue weighted by Crippen LogP contribution is -2.40. The van der Waals surface area contributed by atoms with E-state index in [2.05, 4.69) is 17.2 Å². The second kappa shape index (κ2) is 6.56. The highest BCUT2D eigenvalue weighted by atomic mass is 16.2. The zero-order valence-electron chi connectivity index (χ0n) is 8.59. The molecule has 0 spiro atoms. The standard InChI is InChI=1S/C10H19N3O/c1-2-4-12-9-10(14)13-7-3-5-11-6-8-13/h2,11-12H,1,3-9H2. The normalized spacial score (nSPS) is 17.6. The Kier molecular flexibility index (Phi) is 5.25. The number of hydrogen-bond acceptors (Lipinski definition) is 3. The Morgan fingerprint density at radius 3 is 3.14 bits per heavy atom. The van der Waals surface area contributed by atoms with Gasteiger partial charge in [0.25, 0.3) is 0 Å². The molecule has 0 aromatic carbocycles. The first-order valence-corrected chi connectivity index (χ1v) is 5.14. The van der Waals surface area contributed by atoms with Gasteiger partial charge in [0.15, 0.2) is 0 Å². The fraction of sp³-hybridized carbons (Fsp3) is 0.700. The summed E-state index contributed by atoms with van der Waals surface area (Å²) in [4.78, 5) is 13.5. The molecule has 1 rings (SSSR count). The van der Waals surface area contributed by atoms with Crippen molar-refractivity contribution in [2.75, 3.05) is 39.3 Å². The zero-order chi connectivity index (χ0) is 10.2. The summed E-state index contributed by atoms with van der Waals surface area (Å²) in [6.45, 7) is 8.33. The van der Waals surface area contributed by atoms with Gasteiger partial charge in [-0.05, 0) is 13.0 Å². The van der Waals surface area contributed by atoms with Crippen molar-refractivity contribution in [3.05, 3.63) is 12.7 Å². The van der Waals surface area contributed by atoms with Crippen LogP contribution in [0.2, 0.25) is 0 Å². The van der Waals surface area contributed by atoms with Crippen LogP contribution in [0.5, 0.6) is 0 Å². The Morgan fingerprint density at radius 2 is 2.36 bits per heavy atom. The van der Waals surface area contributed by atoms with Crippen LogP contribution in [0, 0.1) is 0 Å². The topological polar surface area (TPSA) is 44.4 Å². The average molecular weight is 197 g/mol. The van der Waals surface area contributed by atoms with Crippen LogP contribution in [0.4, 0.5) is 0 Å². The molecule has 1 aliphatic rings. The van der Waals surface area contributed by atoms with Gasteiger partial charge in [-0.1, -0.05) is 6.08 Å². The Morgan fingerprint density at radius 1 is 1.50 bits per heavy atom. The van der Waals surface area contributed by atoms with Crippen LogP contribution in [0.25, 0.3) is 0 Å². The van der Waals surface area contributed by atoms with Crippen molar-refractivity contribution in [1.29, 1.82) is 0 Å². The predicted molar refractivity (Wildman–Crippen MR) is 57.1 cm³/mol.